The first-order valence-corrected chi connectivity index (χ1v) is 9.55. The van der Waals surface area contributed by atoms with Gasteiger partial charge in [-0.2, -0.15) is 0 Å². The van der Waals surface area contributed by atoms with E-state index in [1.54, 1.807) is 32.9 Å². The highest BCUT2D eigenvalue weighted by molar-refractivity contribution is 7.92. The third-order valence-electron chi connectivity index (χ3n) is 3.06. The minimum absolute atomic E-state index is 0.215. The van der Waals surface area contributed by atoms with Crippen molar-refractivity contribution < 1.29 is 27.5 Å². The summed E-state index contributed by atoms with van der Waals surface area (Å²) in [6.45, 7) is 4.77. The number of nitrogens with one attached hydrogen (secondary N) is 1. The first-order chi connectivity index (χ1) is 11.5. The van der Waals surface area contributed by atoms with Crippen molar-refractivity contribution in [2.24, 2.45) is 0 Å². The average Bonchev–Trinajstić information content (AvgIpc) is 2.46. The Kier molecular flexibility index (Phi) is 7.25. The molecule has 1 atom stereocenters. The number of rotatable bonds is 6. The Morgan fingerprint density at radius 3 is 2.36 bits per heavy atom. The molecule has 0 heterocycles. The smallest absolute Gasteiger partial charge is 0.407 e. The number of carbonyl (C=O) groups is 2. The summed E-state index contributed by atoms with van der Waals surface area (Å²) in [4.78, 5) is 23.3. The number of carbonyl (C=O) groups excluding carboxylic acids is 2. The van der Waals surface area contributed by atoms with Crippen LogP contribution in [0.4, 0.5) is 4.79 Å². The van der Waals surface area contributed by atoms with E-state index in [0.717, 1.165) is 7.11 Å². The molecule has 0 aliphatic rings. The fourth-order valence-electron chi connectivity index (χ4n) is 1.98. The number of hydrogen-bond acceptors (Lipinski definition) is 6. The van der Waals surface area contributed by atoms with Gasteiger partial charge in [0, 0.05) is 11.6 Å². The molecule has 0 aliphatic carbocycles. The number of amides is 1. The van der Waals surface area contributed by atoms with E-state index < -0.39 is 38.5 Å². The quantitative estimate of drug-likeness (QED) is 0.748. The number of methoxy groups -OCH3 is 1. The molecule has 0 spiro atoms. The molecule has 1 N–H and O–H groups in total. The Labute approximate surface area is 152 Å². The highest BCUT2D eigenvalue weighted by Crippen LogP contribution is 2.29. The lowest BCUT2D eigenvalue weighted by Crippen LogP contribution is -2.37. The second-order valence-electron chi connectivity index (χ2n) is 6.28. The van der Waals surface area contributed by atoms with Crippen LogP contribution in [0.15, 0.2) is 24.3 Å². The van der Waals surface area contributed by atoms with E-state index in [1.165, 1.54) is 12.1 Å². The molecule has 0 fully saturated rings. The summed E-state index contributed by atoms with van der Waals surface area (Å²) in [6, 6.07) is 6.33. The third kappa shape index (κ3) is 6.91. The molecule has 0 aromatic heterocycles. The van der Waals surface area contributed by atoms with Crippen molar-refractivity contribution in [3.63, 3.8) is 0 Å². The zero-order chi connectivity index (χ0) is 19.3. The Hall–Kier alpha value is -1.80. The van der Waals surface area contributed by atoms with Crippen LogP contribution in [0.2, 0.25) is 5.02 Å². The number of alkyl carbamates (subject to hydrolysis) is 1. The standard InChI is InChI=1S/C16H22ClNO6S/c1-16(2,3)24-15(20)18-9-13(11-7-5-6-8-12(11)17)25(21,22)10-14(19)23-4/h5-8,13H,9-10H2,1-4H3,(H,18,20). The first kappa shape index (κ1) is 21.2. The maximum Gasteiger partial charge on any atom is 0.407 e. The summed E-state index contributed by atoms with van der Waals surface area (Å²) in [6.07, 6.45) is -0.766. The van der Waals surface area contributed by atoms with E-state index in [9.17, 15) is 18.0 Å². The summed E-state index contributed by atoms with van der Waals surface area (Å²) >= 11 is 6.09. The molecule has 0 saturated heterocycles. The fraction of sp³-hybridized carbons (Fsp3) is 0.500. The molecule has 0 aliphatic heterocycles. The second-order valence-corrected chi connectivity index (χ2v) is 8.87. The zero-order valence-corrected chi connectivity index (χ0v) is 16.1. The van der Waals surface area contributed by atoms with Gasteiger partial charge in [-0.1, -0.05) is 29.8 Å². The van der Waals surface area contributed by atoms with Gasteiger partial charge in [-0.15, -0.1) is 0 Å². The van der Waals surface area contributed by atoms with Crippen LogP contribution in [0.3, 0.4) is 0 Å². The molecule has 0 bridgehead atoms. The van der Waals surface area contributed by atoms with Gasteiger partial charge < -0.3 is 14.8 Å². The predicted molar refractivity (Wildman–Crippen MR) is 94.2 cm³/mol. The van der Waals surface area contributed by atoms with Crippen molar-refractivity contribution in [2.75, 3.05) is 19.4 Å². The molecule has 0 saturated carbocycles. The Morgan fingerprint density at radius 1 is 1.24 bits per heavy atom. The molecule has 1 aromatic carbocycles. The molecule has 140 valence electrons. The topological polar surface area (TPSA) is 98.8 Å². The molecular formula is C16H22ClNO6S. The Bertz CT molecular complexity index is 726. The highest BCUT2D eigenvalue weighted by atomic mass is 35.5. The van der Waals surface area contributed by atoms with Gasteiger partial charge in [0.1, 0.15) is 16.6 Å². The second kappa shape index (κ2) is 8.53. The largest absolute Gasteiger partial charge is 0.468 e. The molecule has 1 aromatic rings. The Morgan fingerprint density at radius 2 is 1.84 bits per heavy atom. The molecule has 1 rings (SSSR count). The number of benzene rings is 1. The van der Waals surface area contributed by atoms with Crippen LogP contribution in [0.1, 0.15) is 31.6 Å². The lowest BCUT2D eigenvalue weighted by atomic mass is 10.1. The summed E-state index contributed by atoms with van der Waals surface area (Å²) in [5.74, 6) is -1.72. The van der Waals surface area contributed by atoms with Gasteiger partial charge in [0.25, 0.3) is 0 Å². The minimum atomic E-state index is -3.98. The van der Waals surface area contributed by atoms with Crippen molar-refractivity contribution >= 4 is 33.5 Å². The van der Waals surface area contributed by atoms with Crippen molar-refractivity contribution in [3.05, 3.63) is 34.9 Å². The lowest BCUT2D eigenvalue weighted by Gasteiger charge is -2.22. The lowest BCUT2D eigenvalue weighted by molar-refractivity contribution is -0.137. The number of esters is 1. The number of ether oxygens (including phenoxy) is 2. The highest BCUT2D eigenvalue weighted by Gasteiger charge is 2.32. The van der Waals surface area contributed by atoms with Crippen LogP contribution < -0.4 is 5.32 Å². The van der Waals surface area contributed by atoms with E-state index in [4.69, 9.17) is 16.3 Å². The average molecular weight is 392 g/mol. The summed E-state index contributed by atoms with van der Waals surface area (Å²) < 4.78 is 34.7. The van der Waals surface area contributed by atoms with Gasteiger partial charge in [-0.3, -0.25) is 4.79 Å². The Balaban J connectivity index is 3.07. The monoisotopic (exact) mass is 391 g/mol. The van der Waals surface area contributed by atoms with E-state index in [1.807, 2.05) is 0 Å². The number of halogens is 1. The van der Waals surface area contributed by atoms with Crippen LogP contribution >= 0.6 is 11.6 Å². The van der Waals surface area contributed by atoms with E-state index >= 15 is 0 Å². The van der Waals surface area contributed by atoms with Crippen LogP contribution in [-0.2, 0) is 24.1 Å². The molecule has 25 heavy (non-hydrogen) atoms. The zero-order valence-electron chi connectivity index (χ0n) is 14.5. The fourth-order valence-corrected chi connectivity index (χ4v) is 3.89. The van der Waals surface area contributed by atoms with Gasteiger partial charge in [0.05, 0.1) is 7.11 Å². The normalized spacial score (nSPS) is 13.0. The van der Waals surface area contributed by atoms with E-state index in [0.29, 0.717) is 0 Å². The van der Waals surface area contributed by atoms with Gasteiger partial charge in [-0.25, -0.2) is 13.2 Å². The molecular weight excluding hydrogens is 370 g/mol. The van der Waals surface area contributed by atoms with Crippen molar-refractivity contribution in [3.8, 4) is 0 Å². The summed E-state index contributed by atoms with van der Waals surface area (Å²) in [7, 11) is -2.88. The summed E-state index contributed by atoms with van der Waals surface area (Å²) in [5.41, 5.74) is -0.446. The van der Waals surface area contributed by atoms with Gasteiger partial charge in [-0.05, 0) is 32.4 Å². The van der Waals surface area contributed by atoms with Crippen LogP contribution in [0.25, 0.3) is 0 Å². The predicted octanol–water partition coefficient (Wildman–Crippen LogP) is 2.49. The van der Waals surface area contributed by atoms with Gasteiger partial charge in [0.2, 0.25) is 0 Å². The number of sulfone groups is 1. The third-order valence-corrected chi connectivity index (χ3v) is 5.33. The van der Waals surface area contributed by atoms with Crippen LogP contribution in [-0.4, -0.2) is 45.5 Å². The SMILES string of the molecule is COC(=O)CS(=O)(=O)C(CNC(=O)OC(C)(C)C)c1ccccc1Cl. The van der Waals surface area contributed by atoms with Crippen molar-refractivity contribution in [2.45, 2.75) is 31.6 Å². The van der Waals surface area contributed by atoms with E-state index in [2.05, 4.69) is 10.1 Å². The molecule has 9 heteroatoms. The summed E-state index contributed by atoms with van der Waals surface area (Å²) in [5, 5.41) is 1.41. The maximum absolute atomic E-state index is 12.6. The first-order valence-electron chi connectivity index (χ1n) is 7.46. The maximum atomic E-state index is 12.6. The van der Waals surface area contributed by atoms with Crippen molar-refractivity contribution in [1.29, 1.82) is 0 Å². The minimum Gasteiger partial charge on any atom is -0.468 e. The molecule has 0 radical (unpaired) electrons. The van der Waals surface area contributed by atoms with Gasteiger partial charge in [0.15, 0.2) is 9.84 Å². The molecule has 1 amide bonds. The number of hydrogen-bond donors (Lipinski definition) is 1. The molecule has 7 nitrogen and oxygen atoms in total. The molecule has 1 unspecified atom stereocenters. The van der Waals surface area contributed by atoms with Gasteiger partial charge >= 0.3 is 12.1 Å². The van der Waals surface area contributed by atoms with Crippen LogP contribution in [0.5, 0.6) is 0 Å². The van der Waals surface area contributed by atoms with Crippen LogP contribution in [0, 0.1) is 0 Å². The van der Waals surface area contributed by atoms with E-state index in [-0.39, 0.29) is 17.1 Å². The van der Waals surface area contributed by atoms with Crippen molar-refractivity contribution in [1.82, 2.24) is 5.32 Å².